The van der Waals surface area contributed by atoms with Crippen molar-refractivity contribution in [3.05, 3.63) is 11.3 Å². The van der Waals surface area contributed by atoms with E-state index in [2.05, 4.69) is 13.8 Å². The van der Waals surface area contributed by atoms with Crippen molar-refractivity contribution in [2.75, 3.05) is 13.7 Å². The minimum Gasteiger partial charge on any atom is -0.467 e. The molecular formula is C53H86O12. The minimum atomic E-state index is -2.23. The number of hydrogen-bond donors (Lipinski definition) is 2. The lowest BCUT2D eigenvalue weighted by atomic mass is 9.38. The van der Waals surface area contributed by atoms with Crippen LogP contribution in [0.25, 0.3) is 0 Å². The number of unbranched alkanes of at least 4 members (excludes halogenated alkanes) is 24. The van der Waals surface area contributed by atoms with Gasteiger partial charge in [-0.15, -0.1) is 0 Å². The Hall–Kier alpha value is -2.83. The summed E-state index contributed by atoms with van der Waals surface area (Å²) in [6.45, 7) is 7.87. The zero-order valence-electron chi connectivity index (χ0n) is 40.9. The molecule has 5 rings (SSSR count). The molecule has 4 fully saturated rings. The number of carbonyl (C=O) groups excluding carboxylic acids is 5. The summed E-state index contributed by atoms with van der Waals surface area (Å²) in [6.07, 6.45) is 24.6. The van der Waals surface area contributed by atoms with Gasteiger partial charge in [-0.05, 0) is 43.1 Å². The molecule has 10 atom stereocenters. The van der Waals surface area contributed by atoms with E-state index in [1.807, 2.05) is 6.92 Å². The normalized spacial score (nSPS) is 31.3. The Balaban J connectivity index is 1.19. The van der Waals surface area contributed by atoms with E-state index in [9.17, 15) is 34.2 Å². The van der Waals surface area contributed by atoms with E-state index in [1.165, 1.54) is 109 Å². The van der Waals surface area contributed by atoms with Crippen molar-refractivity contribution in [1.29, 1.82) is 0 Å². The van der Waals surface area contributed by atoms with Crippen LogP contribution in [0.2, 0.25) is 0 Å². The van der Waals surface area contributed by atoms with Crippen LogP contribution in [-0.4, -0.2) is 83.6 Å². The topological polar surface area (TPSA) is 172 Å². The third-order valence-electron chi connectivity index (χ3n) is 16.3. The van der Waals surface area contributed by atoms with Gasteiger partial charge in [0.15, 0.2) is 11.5 Å². The molecular weight excluding hydrogens is 829 g/mol. The highest BCUT2D eigenvalue weighted by Gasteiger charge is 2.85. The predicted molar refractivity (Wildman–Crippen MR) is 247 cm³/mol. The molecule has 2 saturated heterocycles. The first-order valence-electron chi connectivity index (χ1n) is 26.3. The number of methoxy groups -OCH3 is 1. The molecule has 0 unspecified atom stereocenters. The number of aliphatic hydroxyl groups excluding tert-OH is 2. The minimum absolute atomic E-state index is 0.0146. The SMILES string of the molecule is CCCCCCCCCCCCCCCC(=O)OC1=C(C)[C@@H]2C[C@H]3OC(=O)[C@H](OC(=O)CCCCCCCCCCCCCCC)[C@H]4[C@]5(C(=O)OC)OC[C@]34[C@H]([C@@H](O)[C@@H]5O)[C@@]2(C)CC1=O. The number of rotatable bonds is 31. The molecule has 0 radical (unpaired) electrons. The predicted octanol–water partition coefficient (Wildman–Crippen LogP) is 10.5. The number of ether oxygens (including phenoxy) is 5. The molecule has 0 aromatic rings. The standard InChI is InChI=1S/C53H86O12/c1-6-8-10-12-14-16-18-20-22-24-26-28-30-32-41(55)64-44-37(3)38-34-40-52-36-62-53(50(60)61-5,48(58)43(57)46(52)51(38,4)35-39(44)54)47(52)45(49(59)63-40)65-42(56)33-31-29-27-25-23-21-19-17-15-13-11-9-7-2/h38,40,43,45-48,57-58H,6-36H2,1-5H3/t38-,40+,43+,45+,46+,47+,48-,51-,52+,53-/m0/s1. The van der Waals surface area contributed by atoms with Crippen LogP contribution in [0.4, 0.5) is 0 Å². The quantitative estimate of drug-likeness (QED) is 0.0384. The lowest BCUT2D eigenvalue weighted by Gasteiger charge is -2.67. The number of Topliss-reactive ketones (excluding diaryl/α,β-unsaturated/α-hetero) is 1. The highest BCUT2D eigenvalue weighted by atomic mass is 16.6. The molecule has 5 aliphatic rings. The van der Waals surface area contributed by atoms with Crippen LogP contribution in [-0.2, 0) is 47.7 Å². The van der Waals surface area contributed by atoms with Gasteiger partial charge >= 0.3 is 23.9 Å². The van der Waals surface area contributed by atoms with Crippen molar-refractivity contribution >= 4 is 29.7 Å². The van der Waals surface area contributed by atoms with Crippen molar-refractivity contribution in [3.8, 4) is 0 Å². The molecule has 2 bridgehead atoms. The molecule has 0 aromatic heterocycles. The number of esters is 4. The van der Waals surface area contributed by atoms with Gasteiger partial charge in [0.1, 0.15) is 12.2 Å². The largest absolute Gasteiger partial charge is 0.467 e. The third kappa shape index (κ3) is 12.1. The molecule has 2 N–H and O–H groups in total. The van der Waals surface area contributed by atoms with Gasteiger partial charge in [-0.3, -0.25) is 14.4 Å². The maximum absolute atomic E-state index is 14.1. The lowest BCUT2D eigenvalue weighted by molar-refractivity contribution is -0.290. The Kier molecular flexibility index (Phi) is 20.9. The fourth-order valence-electron chi connectivity index (χ4n) is 12.9. The monoisotopic (exact) mass is 915 g/mol. The molecule has 1 spiro atoms. The molecule has 370 valence electrons. The van der Waals surface area contributed by atoms with Gasteiger partial charge in [0.2, 0.25) is 11.7 Å². The number of ketones is 1. The summed E-state index contributed by atoms with van der Waals surface area (Å²) in [4.78, 5) is 68.7. The smallest absolute Gasteiger partial charge is 0.348 e. The van der Waals surface area contributed by atoms with E-state index in [0.717, 1.165) is 52.1 Å². The molecule has 2 aliphatic heterocycles. The van der Waals surface area contributed by atoms with E-state index in [4.69, 9.17) is 23.7 Å². The summed E-state index contributed by atoms with van der Waals surface area (Å²) in [7, 11) is 1.14. The molecule has 0 aromatic carbocycles. The molecule has 12 heteroatoms. The van der Waals surface area contributed by atoms with Gasteiger partial charge < -0.3 is 33.9 Å². The fraction of sp³-hybridized carbons (Fsp3) is 0.868. The van der Waals surface area contributed by atoms with E-state index in [-0.39, 0.29) is 38.0 Å². The zero-order valence-corrected chi connectivity index (χ0v) is 40.9. The third-order valence-corrected chi connectivity index (χ3v) is 16.3. The number of fused-ring (bicyclic) bond motifs is 2. The van der Waals surface area contributed by atoms with E-state index in [1.54, 1.807) is 6.92 Å². The Bertz CT molecular complexity index is 1610. The molecule has 2 heterocycles. The van der Waals surface area contributed by atoms with Gasteiger partial charge in [-0.25, -0.2) is 9.59 Å². The fourth-order valence-corrected chi connectivity index (χ4v) is 12.9. The summed E-state index contributed by atoms with van der Waals surface area (Å²) in [5.74, 6) is -6.08. The number of allylic oxidation sites excluding steroid dienone is 2. The zero-order chi connectivity index (χ0) is 47.0. The molecule has 65 heavy (non-hydrogen) atoms. The van der Waals surface area contributed by atoms with E-state index < -0.39 is 88.3 Å². The maximum Gasteiger partial charge on any atom is 0.348 e. The first kappa shape index (κ1) is 53.1. The Morgan fingerprint density at radius 1 is 0.677 bits per heavy atom. The molecule has 0 amide bonds. The Labute approximate surface area is 390 Å². The molecule has 3 aliphatic carbocycles. The van der Waals surface area contributed by atoms with Crippen LogP contribution in [0.5, 0.6) is 0 Å². The average molecular weight is 915 g/mol. The van der Waals surface area contributed by atoms with Crippen LogP contribution in [0.3, 0.4) is 0 Å². The van der Waals surface area contributed by atoms with Crippen LogP contribution < -0.4 is 0 Å². The van der Waals surface area contributed by atoms with Crippen LogP contribution in [0.1, 0.15) is 220 Å². The summed E-state index contributed by atoms with van der Waals surface area (Å²) in [5, 5.41) is 24.2. The second-order valence-corrected chi connectivity index (χ2v) is 20.8. The van der Waals surface area contributed by atoms with Gasteiger partial charge in [-0.2, -0.15) is 0 Å². The summed E-state index contributed by atoms with van der Waals surface area (Å²) >= 11 is 0. The Morgan fingerprint density at radius 2 is 1.14 bits per heavy atom. The summed E-state index contributed by atoms with van der Waals surface area (Å²) < 4.78 is 29.5. The van der Waals surface area contributed by atoms with Crippen LogP contribution in [0, 0.1) is 28.6 Å². The number of carbonyl (C=O) groups is 5. The van der Waals surface area contributed by atoms with Gasteiger partial charge in [0.05, 0.1) is 25.7 Å². The van der Waals surface area contributed by atoms with E-state index in [0.29, 0.717) is 18.4 Å². The molecule has 12 nitrogen and oxygen atoms in total. The van der Waals surface area contributed by atoms with Gasteiger partial charge in [-0.1, -0.05) is 175 Å². The van der Waals surface area contributed by atoms with Gasteiger partial charge in [0.25, 0.3) is 0 Å². The number of hydrogen-bond acceptors (Lipinski definition) is 12. The molecule has 2 saturated carbocycles. The van der Waals surface area contributed by atoms with Crippen molar-refractivity contribution in [1.82, 2.24) is 0 Å². The first-order valence-corrected chi connectivity index (χ1v) is 26.3. The second-order valence-electron chi connectivity index (χ2n) is 20.8. The van der Waals surface area contributed by atoms with Crippen molar-refractivity contribution in [3.63, 3.8) is 0 Å². The van der Waals surface area contributed by atoms with Crippen LogP contribution in [0.15, 0.2) is 11.3 Å². The average Bonchev–Trinajstić information content (AvgIpc) is 3.59. The van der Waals surface area contributed by atoms with Crippen molar-refractivity contribution < 1.29 is 57.9 Å². The second kappa shape index (κ2) is 25.5. The highest BCUT2D eigenvalue weighted by molar-refractivity contribution is 5.98. The lowest BCUT2D eigenvalue weighted by Crippen LogP contribution is -2.79. The Morgan fingerprint density at radius 3 is 1.62 bits per heavy atom. The highest BCUT2D eigenvalue weighted by Crippen LogP contribution is 2.73. The summed E-state index contributed by atoms with van der Waals surface area (Å²) in [6, 6.07) is 0. The van der Waals surface area contributed by atoms with E-state index >= 15 is 0 Å². The number of aliphatic hydroxyl groups is 2. The van der Waals surface area contributed by atoms with Crippen molar-refractivity contribution in [2.24, 2.45) is 28.6 Å². The van der Waals surface area contributed by atoms with Gasteiger partial charge in [0, 0.05) is 30.6 Å². The summed E-state index contributed by atoms with van der Waals surface area (Å²) in [5.41, 5.74) is -4.09. The first-order chi connectivity index (χ1) is 31.3. The van der Waals surface area contributed by atoms with Crippen molar-refractivity contribution in [2.45, 2.75) is 250 Å². The maximum atomic E-state index is 14.1. The van der Waals surface area contributed by atoms with Crippen LogP contribution >= 0.6 is 0 Å².